The summed E-state index contributed by atoms with van der Waals surface area (Å²) in [4.78, 5) is 11.5. The van der Waals surface area contributed by atoms with Crippen molar-refractivity contribution in [3.05, 3.63) is 29.8 Å². The molecule has 3 rings (SSSR count). The topological polar surface area (TPSA) is 46.5 Å². The minimum Gasteiger partial charge on any atom is -0.490 e. The summed E-state index contributed by atoms with van der Waals surface area (Å²) in [5.41, 5.74) is 0.177. The van der Waals surface area contributed by atoms with Crippen LogP contribution in [0, 0.1) is 0 Å². The highest BCUT2D eigenvalue weighted by Gasteiger charge is 2.47. The number of carbonyl (C=O) groups is 1. The van der Waals surface area contributed by atoms with Crippen molar-refractivity contribution in [1.29, 1.82) is 0 Å². The van der Waals surface area contributed by atoms with Crippen molar-refractivity contribution in [3.63, 3.8) is 0 Å². The van der Waals surface area contributed by atoms with Gasteiger partial charge in [-0.1, -0.05) is 24.6 Å². The molecule has 0 bridgehead atoms. The van der Waals surface area contributed by atoms with Gasteiger partial charge in [-0.25, -0.2) is 0 Å². The molecule has 0 aromatic heterocycles. The minimum atomic E-state index is -0.712. The summed E-state index contributed by atoms with van der Waals surface area (Å²) >= 11 is 0. The van der Waals surface area contributed by atoms with Crippen LogP contribution in [-0.2, 0) is 10.2 Å². The molecule has 0 radical (unpaired) electrons. The first-order valence-corrected chi connectivity index (χ1v) is 6.22. The number of rotatable bonds is 4. The first-order chi connectivity index (χ1) is 8.22. The maximum absolute atomic E-state index is 11.5. The van der Waals surface area contributed by atoms with Crippen molar-refractivity contribution in [2.45, 2.75) is 43.6 Å². The van der Waals surface area contributed by atoms with Crippen molar-refractivity contribution in [3.8, 4) is 5.75 Å². The van der Waals surface area contributed by atoms with Gasteiger partial charge in [0.25, 0.3) is 0 Å². The second-order valence-corrected chi connectivity index (χ2v) is 5.05. The van der Waals surface area contributed by atoms with E-state index in [4.69, 9.17) is 4.74 Å². The third-order valence-corrected chi connectivity index (χ3v) is 3.84. The molecule has 0 atom stereocenters. The standard InChI is InChI=1S/C14H16O3/c15-13(16)14(8-3-9-14)11-4-1-2-5-12(11)17-10-6-7-10/h1-2,4-5,10H,3,6-9H2,(H,15,16). The van der Waals surface area contributed by atoms with E-state index < -0.39 is 11.4 Å². The van der Waals surface area contributed by atoms with Crippen molar-refractivity contribution in [2.75, 3.05) is 0 Å². The zero-order valence-corrected chi connectivity index (χ0v) is 9.69. The molecule has 1 aromatic carbocycles. The Morgan fingerprint density at radius 1 is 1.29 bits per heavy atom. The van der Waals surface area contributed by atoms with Gasteiger partial charge in [0.1, 0.15) is 5.75 Å². The van der Waals surface area contributed by atoms with E-state index in [1.165, 1.54) is 0 Å². The molecule has 17 heavy (non-hydrogen) atoms. The highest BCUT2D eigenvalue weighted by Crippen LogP contribution is 2.48. The summed E-state index contributed by atoms with van der Waals surface area (Å²) in [6, 6.07) is 7.62. The zero-order valence-electron chi connectivity index (χ0n) is 9.69. The molecule has 3 heteroatoms. The Hall–Kier alpha value is -1.51. The Morgan fingerprint density at radius 3 is 2.53 bits per heavy atom. The summed E-state index contributed by atoms with van der Waals surface area (Å²) in [6.45, 7) is 0. The predicted molar refractivity (Wildman–Crippen MR) is 63.3 cm³/mol. The molecule has 2 aliphatic rings. The fourth-order valence-corrected chi connectivity index (χ4v) is 2.46. The fraction of sp³-hybridized carbons (Fsp3) is 0.500. The SMILES string of the molecule is O=C(O)C1(c2ccccc2OC2CC2)CCC1. The third-order valence-electron chi connectivity index (χ3n) is 3.84. The van der Waals surface area contributed by atoms with Gasteiger partial charge in [0.05, 0.1) is 11.5 Å². The Kier molecular flexibility index (Phi) is 2.35. The molecule has 0 aliphatic heterocycles. The van der Waals surface area contributed by atoms with E-state index >= 15 is 0 Å². The second kappa shape index (κ2) is 3.76. The molecule has 2 saturated carbocycles. The van der Waals surface area contributed by atoms with Gasteiger partial charge in [-0.05, 0) is 31.7 Å². The molecular weight excluding hydrogens is 216 g/mol. The molecule has 0 spiro atoms. The Balaban J connectivity index is 1.97. The van der Waals surface area contributed by atoms with Gasteiger partial charge in [0.2, 0.25) is 0 Å². The highest BCUT2D eigenvalue weighted by atomic mass is 16.5. The number of aliphatic carboxylic acids is 1. The van der Waals surface area contributed by atoms with Gasteiger partial charge in [0, 0.05) is 5.56 Å². The van der Waals surface area contributed by atoms with E-state index in [9.17, 15) is 9.90 Å². The van der Waals surface area contributed by atoms with Crippen molar-refractivity contribution >= 4 is 5.97 Å². The zero-order chi connectivity index (χ0) is 11.9. The lowest BCUT2D eigenvalue weighted by atomic mass is 9.64. The van der Waals surface area contributed by atoms with Crippen molar-refractivity contribution < 1.29 is 14.6 Å². The molecule has 0 heterocycles. The molecule has 3 nitrogen and oxygen atoms in total. The van der Waals surface area contributed by atoms with E-state index in [0.29, 0.717) is 6.10 Å². The summed E-state index contributed by atoms with van der Waals surface area (Å²) in [7, 11) is 0. The van der Waals surface area contributed by atoms with E-state index in [1.807, 2.05) is 24.3 Å². The quantitative estimate of drug-likeness (QED) is 0.868. The molecule has 2 fully saturated rings. The summed E-state index contributed by atoms with van der Waals surface area (Å²) in [5, 5.41) is 9.46. The number of carboxylic acid groups (broad SMARTS) is 1. The number of benzene rings is 1. The van der Waals surface area contributed by atoms with E-state index in [0.717, 1.165) is 43.4 Å². The Labute approximate surface area is 100 Å². The molecule has 1 aromatic rings. The number of para-hydroxylation sites is 1. The average molecular weight is 232 g/mol. The maximum atomic E-state index is 11.5. The summed E-state index contributed by atoms with van der Waals surface area (Å²) < 4.78 is 5.83. The molecule has 0 unspecified atom stereocenters. The predicted octanol–water partition coefficient (Wildman–Crippen LogP) is 2.73. The first-order valence-electron chi connectivity index (χ1n) is 6.22. The number of ether oxygens (including phenoxy) is 1. The van der Waals surface area contributed by atoms with Gasteiger partial charge in [0.15, 0.2) is 0 Å². The lowest BCUT2D eigenvalue weighted by Crippen LogP contribution is -2.42. The molecule has 90 valence electrons. The van der Waals surface area contributed by atoms with Crippen LogP contribution in [0.15, 0.2) is 24.3 Å². The second-order valence-electron chi connectivity index (χ2n) is 5.05. The van der Waals surface area contributed by atoms with Crippen molar-refractivity contribution in [2.24, 2.45) is 0 Å². The van der Waals surface area contributed by atoms with Gasteiger partial charge < -0.3 is 9.84 Å². The van der Waals surface area contributed by atoms with E-state index in [2.05, 4.69) is 0 Å². The largest absolute Gasteiger partial charge is 0.490 e. The number of carboxylic acids is 1. The van der Waals surface area contributed by atoms with Crippen molar-refractivity contribution in [1.82, 2.24) is 0 Å². The summed E-state index contributed by atoms with van der Waals surface area (Å²) in [5.74, 6) is 0.0627. The van der Waals surface area contributed by atoms with Gasteiger partial charge in [-0.15, -0.1) is 0 Å². The lowest BCUT2D eigenvalue weighted by molar-refractivity contribution is -0.147. The van der Waals surface area contributed by atoms with Crippen LogP contribution >= 0.6 is 0 Å². The van der Waals surface area contributed by atoms with Crippen LogP contribution in [-0.4, -0.2) is 17.2 Å². The fourth-order valence-electron chi connectivity index (χ4n) is 2.46. The van der Waals surface area contributed by atoms with Gasteiger partial charge >= 0.3 is 5.97 Å². The van der Waals surface area contributed by atoms with Gasteiger partial charge in [-0.3, -0.25) is 4.79 Å². The third kappa shape index (κ3) is 1.70. The van der Waals surface area contributed by atoms with Gasteiger partial charge in [-0.2, -0.15) is 0 Å². The van der Waals surface area contributed by atoms with Crippen LogP contribution in [0.25, 0.3) is 0 Å². The lowest BCUT2D eigenvalue weighted by Gasteiger charge is -2.38. The number of hydrogen-bond acceptors (Lipinski definition) is 2. The monoisotopic (exact) mass is 232 g/mol. The molecule has 0 amide bonds. The Bertz CT molecular complexity index is 445. The highest BCUT2D eigenvalue weighted by molar-refractivity contribution is 5.83. The normalized spacial score (nSPS) is 21.6. The van der Waals surface area contributed by atoms with E-state index in [-0.39, 0.29) is 0 Å². The van der Waals surface area contributed by atoms with Crippen LogP contribution in [0.5, 0.6) is 5.75 Å². The summed E-state index contributed by atoms with van der Waals surface area (Å²) in [6.07, 6.45) is 4.94. The van der Waals surface area contributed by atoms with Crippen LogP contribution < -0.4 is 4.74 Å². The molecule has 1 N–H and O–H groups in total. The Morgan fingerprint density at radius 2 is 2.00 bits per heavy atom. The molecule has 2 aliphatic carbocycles. The smallest absolute Gasteiger partial charge is 0.314 e. The number of hydrogen-bond donors (Lipinski definition) is 1. The van der Waals surface area contributed by atoms with E-state index in [1.54, 1.807) is 0 Å². The average Bonchev–Trinajstić information content (AvgIpc) is 3.02. The maximum Gasteiger partial charge on any atom is 0.314 e. The minimum absolute atomic E-state index is 0.307. The molecular formula is C14H16O3. The molecule has 0 saturated heterocycles. The van der Waals surface area contributed by atoms with Crippen LogP contribution in [0.3, 0.4) is 0 Å². The van der Waals surface area contributed by atoms with Crippen LogP contribution in [0.1, 0.15) is 37.7 Å². The first kappa shape index (κ1) is 10.6. The van der Waals surface area contributed by atoms with Crippen LogP contribution in [0.4, 0.5) is 0 Å². The van der Waals surface area contributed by atoms with Crippen LogP contribution in [0.2, 0.25) is 0 Å².